The third-order valence-corrected chi connectivity index (χ3v) is 3.63. The van der Waals surface area contributed by atoms with Gasteiger partial charge >= 0.3 is 6.03 Å². The van der Waals surface area contributed by atoms with E-state index in [1.807, 2.05) is 42.5 Å². The molecule has 0 aliphatic heterocycles. The van der Waals surface area contributed by atoms with Crippen molar-refractivity contribution in [1.29, 1.82) is 0 Å². The van der Waals surface area contributed by atoms with E-state index < -0.39 is 0 Å². The van der Waals surface area contributed by atoms with Crippen LogP contribution in [0.2, 0.25) is 0 Å². The first kappa shape index (κ1) is 14.5. The van der Waals surface area contributed by atoms with E-state index in [0.29, 0.717) is 13.1 Å². The van der Waals surface area contributed by atoms with Crippen molar-refractivity contribution in [3.05, 3.63) is 60.1 Å². The molecule has 1 aromatic heterocycles. The van der Waals surface area contributed by atoms with Crippen LogP contribution in [0.5, 0.6) is 0 Å². The first-order chi connectivity index (χ1) is 9.84. The quantitative estimate of drug-likeness (QED) is 0.771. The standard InChI is InChI=1S/C15H18N2O2S/c18-15(17-11-13-5-2-1-3-6-13)16-8-10-20-12-14-7-4-9-19-14/h1-7,9H,8,10-12H2,(H2,16,17,18). The summed E-state index contributed by atoms with van der Waals surface area (Å²) in [5, 5.41) is 5.66. The number of amides is 2. The molecular formula is C15H18N2O2S. The lowest BCUT2D eigenvalue weighted by atomic mass is 10.2. The van der Waals surface area contributed by atoms with Crippen LogP contribution in [0.15, 0.2) is 53.1 Å². The molecule has 20 heavy (non-hydrogen) atoms. The Hall–Kier alpha value is -1.88. The number of carbonyl (C=O) groups is 1. The molecule has 4 nitrogen and oxygen atoms in total. The summed E-state index contributed by atoms with van der Waals surface area (Å²) in [7, 11) is 0. The Morgan fingerprint density at radius 1 is 1.10 bits per heavy atom. The number of rotatable bonds is 7. The van der Waals surface area contributed by atoms with Gasteiger partial charge in [-0.05, 0) is 17.7 Å². The second-order valence-corrected chi connectivity index (χ2v) is 5.33. The molecular weight excluding hydrogens is 272 g/mol. The molecule has 0 saturated heterocycles. The summed E-state index contributed by atoms with van der Waals surface area (Å²) in [6.07, 6.45) is 1.67. The van der Waals surface area contributed by atoms with Crippen LogP contribution in [0.1, 0.15) is 11.3 Å². The fourth-order valence-electron chi connectivity index (χ4n) is 1.64. The van der Waals surface area contributed by atoms with Crippen molar-refractivity contribution in [1.82, 2.24) is 10.6 Å². The number of nitrogens with one attached hydrogen (secondary N) is 2. The fraction of sp³-hybridized carbons (Fsp3) is 0.267. The number of benzene rings is 1. The lowest BCUT2D eigenvalue weighted by molar-refractivity contribution is 0.241. The smallest absolute Gasteiger partial charge is 0.315 e. The summed E-state index contributed by atoms with van der Waals surface area (Å²) < 4.78 is 5.23. The molecule has 0 radical (unpaired) electrons. The summed E-state index contributed by atoms with van der Waals surface area (Å²) in [5.41, 5.74) is 1.09. The monoisotopic (exact) mass is 290 g/mol. The molecule has 0 spiro atoms. The number of hydrogen-bond acceptors (Lipinski definition) is 3. The average molecular weight is 290 g/mol. The van der Waals surface area contributed by atoms with Crippen molar-refractivity contribution in [2.75, 3.05) is 12.3 Å². The molecule has 0 aliphatic rings. The van der Waals surface area contributed by atoms with Crippen LogP contribution in [-0.4, -0.2) is 18.3 Å². The van der Waals surface area contributed by atoms with E-state index in [1.54, 1.807) is 18.0 Å². The second-order valence-electron chi connectivity index (χ2n) is 4.23. The predicted octanol–water partition coefficient (Wildman–Crippen LogP) is 3.01. The maximum absolute atomic E-state index is 11.6. The lowest BCUT2D eigenvalue weighted by Crippen LogP contribution is -2.36. The van der Waals surface area contributed by atoms with Gasteiger partial charge in [-0.1, -0.05) is 30.3 Å². The van der Waals surface area contributed by atoms with E-state index in [4.69, 9.17) is 4.42 Å². The molecule has 2 N–H and O–H groups in total. The zero-order valence-electron chi connectivity index (χ0n) is 11.2. The molecule has 0 aliphatic carbocycles. The maximum Gasteiger partial charge on any atom is 0.315 e. The molecule has 0 atom stereocenters. The van der Waals surface area contributed by atoms with Crippen molar-refractivity contribution >= 4 is 17.8 Å². The molecule has 0 bridgehead atoms. The summed E-state index contributed by atoms with van der Waals surface area (Å²) >= 11 is 1.73. The second kappa shape index (κ2) is 8.32. The molecule has 106 valence electrons. The van der Waals surface area contributed by atoms with Crippen LogP contribution < -0.4 is 10.6 Å². The minimum absolute atomic E-state index is 0.132. The molecule has 5 heteroatoms. The number of hydrogen-bond donors (Lipinski definition) is 2. The number of carbonyl (C=O) groups excluding carboxylic acids is 1. The van der Waals surface area contributed by atoms with Gasteiger partial charge in [-0.15, -0.1) is 0 Å². The van der Waals surface area contributed by atoms with Crippen molar-refractivity contribution in [2.24, 2.45) is 0 Å². The van der Waals surface area contributed by atoms with E-state index in [1.165, 1.54) is 0 Å². The van der Waals surface area contributed by atoms with Gasteiger partial charge in [0, 0.05) is 18.8 Å². The molecule has 1 heterocycles. The van der Waals surface area contributed by atoms with Crippen molar-refractivity contribution in [2.45, 2.75) is 12.3 Å². The fourth-order valence-corrected chi connectivity index (χ4v) is 2.40. The SMILES string of the molecule is O=C(NCCSCc1ccco1)NCc1ccccc1. The first-order valence-electron chi connectivity index (χ1n) is 6.50. The average Bonchev–Trinajstić information content (AvgIpc) is 2.99. The van der Waals surface area contributed by atoms with E-state index in [9.17, 15) is 4.79 Å². The predicted molar refractivity (Wildman–Crippen MR) is 81.6 cm³/mol. The Labute approximate surface area is 122 Å². The van der Waals surface area contributed by atoms with Crippen LogP contribution >= 0.6 is 11.8 Å². The van der Waals surface area contributed by atoms with Gasteiger partial charge in [0.05, 0.1) is 12.0 Å². The van der Waals surface area contributed by atoms with Gasteiger partial charge < -0.3 is 15.1 Å². The largest absolute Gasteiger partial charge is 0.468 e. The molecule has 2 aromatic rings. The topological polar surface area (TPSA) is 54.3 Å². The zero-order valence-corrected chi connectivity index (χ0v) is 12.0. The Morgan fingerprint density at radius 2 is 1.95 bits per heavy atom. The highest BCUT2D eigenvalue weighted by Gasteiger charge is 2.00. The molecule has 0 fully saturated rings. The van der Waals surface area contributed by atoms with Crippen molar-refractivity contribution in [3.8, 4) is 0 Å². The highest BCUT2D eigenvalue weighted by atomic mass is 32.2. The third kappa shape index (κ3) is 5.40. The zero-order chi connectivity index (χ0) is 14.0. The third-order valence-electron chi connectivity index (χ3n) is 2.65. The summed E-state index contributed by atoms with van der Waals surface area (Å²) in [5.74, 6) is 2.66. The first-order valence-corrected chi connectivity index (χ1v) is 7.66. The Morgan fingerprint density at radius 3 is 2.70 bits per heavy atom. The van der Waals surface area contributed by atoms with E-state index >= 15 is 0 Å². The molecule has 1 aromatic carbocycles. The molecule has 2 amide bonds. The van der Waals surface area contributed by atoms with Crippen LogP contribution in [-0.2, 0) is 12.3 Å². The van der Waals surface area contributed by atoms with E-state index in [-0.39, 0.29) is 6.03 Å². The van der Waals surface area contributed by atoms with Crippen LogP contribution in [0, 0.1) is 0 Å². The Bertz CT molecular complexity index is 500. The molecule has 0 unspecified atom stereocenters. The van der Waals surface area contributed by atoms with Crippen molar-refractivity contribution in [3.63, 3.8) is 0 Å². The normalized spacial score (nSPS) is 10.2. The number of urea groups is 1. The molecule has 2 rings (SSSR count). The van der Waals surface area contributed by atoms with Crippen LogP contribution in [0.4, 0.5) is 4.79 Å². The van der Waals surface area contributed by atoms with Crippen LogP contribution in [0.3, 0.4) is 0 Å². The summed E-state index contributed by atoms with van der Waals surface area (Å²) in [6.45, 7) is 1.19. The van der Waals surface area contributed by atoms with Crippen molar-refractivity contribution < 1.29 is 9.21 Å². The highest BCUT2D eigenvalue weighted by Crippen LogP contribution is 2.11. The summed E-state index contributed by atoms with van der Waals surface area (Å²) in [4.78, 5) is 11.6. The Balaban J connectivity index is 1.52. The van der Waals surface area contributed by atoms with Gasteiger partial charge in [0.25, 0.3) is 0 Å². The highest BCUT2D eigenvalue weighted by molar-refractivity contribution is 7.98. The summed E-state index contributed by atoms with van der Waals surface area (Å²) in [6, 6.07) is 13.5. The maximum atomic E-state index is 11.6. The number of thioether (sulfide) groups is 1. The van der Waals surface area contributed by atoms with Gasteiger partial charge in [-0.3, -0.25) is 0 Å². The number of furan rings is 1. The minimum Gasteiger partial charge on any atom is -0.468 e. The Kier molecular flexibility index (Phi) is 6.05. The van der Waals surface area contributed by atoms with Gasteiger partial charge in [0.1, 0.15) is 5.76 Å². The van der Waals surface area contributed by atoms with Gasteiger partial charge in [0.15, 0.2) is 0 Å². The van der Waals surface area contributed by atoms with Gasteiger partial charge in [-0.2, -0.15) is 11.8 Å². The molecule has 0 saturated carbocycles. The van der Waals surface area contributed by atoms with Crippen LogP contribution in [0.25, 0.3) is 0 Å². The van der Waals surface area contributed by atoms with Gasteiger partial charge in [0.2, 0.25) is 0 Å². The van der Waals surface area contributed by atoms with Gasteiger partial charge in [-0.25, -0.2) is 4.79 Å². The van der Waals surface area contributed by atoms with E-state index in [0.717, 1.165) is 22.8 Å². The minimum atomic E-state index is -0.132. The van der Waals surface area contributed by atoms with E-state index in [2.05, 4.69) is 10.6 Å². The lowest BCUT2D eigenvalue weighted by Gasteiger charge is -2.07.